The van der Waals surface area contributed by atoms with Crippen LogP contribution in [-0.2, 0) is 28.6 Å². The molecular formula is C61H96O6. The molecule has 1 atom stereocenters. The van der Waals surface area contributed by atoms with E-state index in [1.165, 1.54) is 19.3 Å². The number of unbranched alkanes of at least 4 members (excludes halogenated alkanes) is 17. The Morgan fingerprint density at radius 3 is 1.04 bits per heavy atom. The normalized spacial score (nSPS) is 13.2. The molecule has 0 amide bonds. The van der Waals surface area contributed by atoms with Crippen molar-refractivity contribution in [3.05, 3.63) is 134 Å². The molecule has 0 aromatic rings. The second-order valence-corrected chi connectivity index (χ2v) is 17.1. The van der Waals surface area contributed by atoms with Crippen LogP contribution in [0.25, 0.3) is 0 Å². The van der Waals surface area contributed by atoms with Gasteiger partial charge in [0.05, 0.1) is 0 Å². The Kier molecular flexibility index (Phi) is 50.6. The fourth-order valence-corrected chi connectivity index (χ4v) is 6.79. The van der Waals surface area contributed by atoms with E-state index in [2.05, 4.69) is 118 Å². The fourth-order valence-electron chi connectivity index (χ4n) is 6.79. The monoisotopic (exact) mass is 925 g/mol. The lowest BCUT2D eigenvalue weighted by molar-refractivity contribution is -0.167. The summed E-state index contributed by atoms with van der Waals surface area (Å²) in [6.45, 7) is 6.26. The number of carbonyl (C=O) groups excluding carboxylic acids is 3. The number of hydrogen-bond acceptors (Lipinski definition) is 6. The van der Waals surface area contributed by atoms with Gasteiger partial charge in [0.15, 0.2) is 6.10 Å². The lowest BCUT2D eigenvalue weighted by atomic mass is 10.1. The summed E-state index contributed by atoms with van der Waals surface area (Å²) in [4.78, 5) is 38.1. The Balaban J connectivity index is 4.49. The van der Waals surface area contributed by atoms with Crippen LogP contribution in [0.2, 0.25) is 0 Å². The van der Waals surface area contributed by atoms with Gasteiger partial charge < -0.3 is 14.2 Å². The third-order valence-corrected chi connectivity index (χ3v) is 10.7. The van der Waals surface area contributed by atoms with Gasteiger partial charge in [0.2, 0.25) is 0 Å². The highest BCUT2D eigenvalue weighted by molar-refractivity contribution is 5.71. The van der Waals surface area contributed by atoms with E-state index in [1.54, 1.807) is 0 Å². The molecule has 0 aliphatic rings. The van der Waals surface area contributed by atoms with Crippen molar-refractivity contribution in [3.8, 4) is 0 Å². The molecule has 0 fully saturated rings. The first-order chi connectivity index (χ1) is 33.0. The van der Waals surface area contributed by atoms with Gasteiger partial charge in [-0.3, -0.25) is 14.4 Å². The van der Waals surface area contributed by atoms with Crippen LogP contribution in [0.4, 0.5) is 0 Å². The minimum atomic E-state index is -0.809. The van der Waals surface area contributed by atoms with Crippen LogP contribution < -0.4 is 0 Å². The fraction of sp³-hybridized carbons (Fsp3) is 0.590. The predicted octanol–water partition coefficient (Wildman–Crippen LogP) is 17.9. The highest BCUT2D eigenvalue weighted by Gasteiger charge is 2.19. The van der Waals surface area contributed by atoms with Crippen molar-refractivity contribution in [2.24, 2.45) is 0 Å². The maximum absolute atomic E-state index is 12.8. The predicted molar refractivity (Wildman–Crippen MR) is 288 cm³/mol. The molecule has 0 spiro atoms. The summed E-state index contributed by atoms with van der Waals surface area (Å²) in [6, 6.07) is 0. The SMILES string of the molecule is CC/C=C\C/C=C\C/C=C\C/C=C\CCCCCCCCC(=O)OCC(COC(=O)CCCCCCC/C=C\C/C=C\CC)OC(=O)CCCCCCC\C=C/C=C\C=C/C=C\C=C/CCC. The molecule has 376 valence electrons. The summed E-state index contributed by atoms with van der Waals surface area (Å²) in [6.07, 6.45) is 75.7. The van der Waals surface area contributed by atoms with Crippen molar-refractivity contribution in [2.75, 3.05) is 13.2 Å². The van der Waals surface area contributed by atoms with Crippen molar-refractivity contribution >= 4 is 17.9 Å². The van der Waals surface area contributed by atoms with E-state index < -0.39 is 6.10 Å². The first-order valence-electron chi connectivity index (χ1n) is 26.8. The van der Waals surface area contributed by atoms with Crippen molar-refractivity contribution < 1.29 is 28.6 Å². The molecule has 0 aromatic carbocycles. The Bertz CT molecular complexity index is 1480. The van der Waals surface area contributed by atoms with E-state index in [-0.39, 0.29) is 37.5 Å². The van der Waals surface area contributed by atoms with Crippen molar-refractivity contribution in [3.63, 3.8) is 0 Å². The highest BCUT2D eigenvalue weighted by atomic mass is 16.6. The number of hydrogen-bond donors (Lipinski definition) is 0. The molecule has 0 radical (unpaired) electrons. The van der Waals surface area contributed by atoms with E-state index in [1.807, 2.05) is 36.5 Å². The van der Waals surface area contributed by atoms with Gasteiger partial charge in [-0.15, -0.1) is 0 Å². The van der Waals surface area contributed by atoms with E-state index in [4.69, 9.17) is 14.2 Å². The van der Waals surface area contributed by atoms with Gasteiger partial charge in [0.25, 0.3) is 0 Å². The van der Waals surface area contributed by atoms with E-state index in [0.717, 1.165) is 154 Å². The number of rotatable bonds is 46. The average molecular weight is 925 g/mol. The van der Waals surface area contributed by atoms with Crippen LogP contribution in [0.3, 0.4) is 0 Å². The first kappa shape index (κ1) is 62.5. The molecule has 0 N–H and O–H groups in total. The van der Waals surface area contributed by atoms with Crippen molar-refractivity contribution in [2.45, 2.75) is 219 Å². The molecule has 0 aromatic heterocycles. The Hall–Kier alpha value is -4.45. The van der Waals surface area contributed by atoms with Crippen LogP contribution in [0.15, 0.2) is 134 Å². The third kappa shape index (κ3) is 52.4. The lowest BCUT2D eigenvalue weighted by Gasteiger charge is -2.18. The Labute approximate surface area is 411 Å². The summed E-state index contributed by atoms with van der Waals surface area (Å²) in [5, 5.41) is 0. The highest BCUT2D eigenvalue weighted by Crippen LogP contribution is 2.13. The summed E-state index contributed by atoms with van der Waals surface area (Å²) in [5.74, 6) is -0.967. The zero-order valence-corrected chi connectivity index (χ0v) is 42.9. The lowest BCUT2D eigenvalue weighted by Crippen LogP contribution is -2.30. The van der Waals surface area contributed by atoms with Crippen LogP contribution in [-0.4, -0.2) is 37.2 Å². The molecule has 0 rings (SSSR count). The average Bonchev–Trinajstić information content (AvgIpc) is 3.33. The molecule has 6 nitrogen and oxygen atoms in total. The number of ether oxygens (including phenoxy) is 3. The van der Waals surface area contributed by atoms with Crippen LogP contribution in [0.1, 0.15) is 213 Å². The maximum atomic E-state index is 12.8. The minimum Gasteiger partial charge on any atom is -0.462 e. The molecule has 1 unspecified atom stereocenters. The van der Waals surface area contributed by atoms with Gasteiger partial charge in [0.1, 0.15) is 13.2 Å². The van der Waals surface area contributed by atoms with Crippen molar-refractivity contribution in [1.82, 2.24) is 0 Å². The maximum Gasteiger partial charge on any atom is 0.306 e. The minimum absolute atomic E-state index is 0.106. The zero-order valence-electron chi connectivity index (χ0n) is 42.9. The second-order valence-electron chi connectivity index (χ2n) is 17.1. The molecule has 0 saturated heterocycles. The number of allylic oxidation sites excluding steroid dienone is 22. The summed E-state index contributed by atoms with van der Waals surface area (Å²) < 4.78 is 16.8. The van der Waals surface area contributed by atoms with Crippen molar-refractivity contribution in [1.29, 1.82) is 0 Å². The van der Waals surface area contributed by atoms with Gasteiger partial charge in [-0.2, -0.15) is 0 Å². The van der Waals surface area contributed by atoms with Gasteiger partial charge in [-0.25, -0.2) is 0 Å². The van der Waals surface area contributed by atoms with E-state index in [9.17, 15) is 14.4 Å². The molecule has 0 aliphatic heterocycles. The first-order valence-corrected chi connectivity index (χ1v) is 26.8. The molecule has 0 saturated carbocycles. The number of esters is 3. The topological polar surface area (TPSA) is 78.9 Å². The molecule has 0 aliphatic carbocycles. The van der Waals surface area contributed by atoms with Gasteiger partial charge in [-0.1, -0.05) is 225 Å². The Morgan fingerprint density at radius 2 is 0.642 bits per heavy atom. The van der Waals surface area contributed by atoms with Crippen LogP contribution >= 0.6 is 0 Å². The van der Waals surface area contributed by atoms with Crippen LogP contribution in [0.5, 0.6) is 0 Å². The van der Waals surface area contributed by atoms with Gasteiger partial charge in [0, 0.05) is 19.3 Å². The van der Waals surface area contributed by atoms with Gasteiger partial charge in [-0.05, 0) is 103 Å². The largest absolute Gasteiger partial charge is 0.462 e. The summed E-state index contributed by atoms with van der Waals surface area (Å²) in [7, 11) is 0. The zero-order chi connectivity index (χ0) is 48.6. The molecule has 67 heavy (non-hydrogen) atoms. The molecule has 0 heterocycles. The quantitative estimate of drug-likeness (QED) is 0.0199. The van der Waals surface area contributed by atoms with Gasteiger partial charge >= 0.3 is 17.9 Å². The number of carbonyl (C=O) groups is 3. The van der Waals surface area contributed by atoms with E-state index in [0.29, 0.717) is 12.8 Å². The smallest absolute Gasteiger partial charge is 0.306 e. The Morgan fingerprint density at radius 1 is 0.328 bits per heavy atom. The van der Waals surface area contributed by atoms with Crippen LogP contribution in [0, 0.1) is 0 Å². The van der Waals surface area contributed by atoms with E-state index >= 15 is 0 Å². The summed E-state index contributed by atoms with van der Waals surface area (Å²) >= 11 is 0. The standard InChI is InChI=1S/C61H96O6/c1-4-7-10-13-16-19-22-25-27-29-31-33-34-36-39-42-45-48-51-54-60(63)66-57-58(56-65-59(62)53-50-47-44-41-38-24-21-18-15-12-9-6-3)67-61(64)55-52-49-46-43-40-37-35-32-30-28-26-23-20-17-14-11-8-5-2/h7,9-12,14,16-21,23,25-28,30-33,35,58H,4-6,8,13,15,22,24,29,34,36-57H2,1-3H3/b10-7-,12-9-,14-11-,19-16-,20-17-,21-18-,26-23-,27-25-,30-28-,33-31-,35-32-. The summed E-state index contributed by atoms with van der Waals surface area (Å²) in [5.41, 5.74) is 0. The molecule has 6 heteroatoms. The molecule has 0 bridgehead atoms. The molecular weight excluding hydrogens is 829 g/mol. The second kappa shape index (κ2) is 54.2. The third-order valence-electron chi connectivity index (χ3n) is 10.7.